The summed E-state index contributed by atoms with van der Waals surface area (Å²) in [5.41, 5.74) is 9.26. The summed E-state index contributed by atoms with van der Waals surface area (Å²) >= 11 is 0. The van der Waals surface area contributed by atoms with Crippen molar-refractivity contribution >= 4 is 23.2 Å². The van der Waals surface area contributed by atoms with Crippen LogP contribution in [0.5, 0.6) is 0 Å². The molecule has 0 atom stereocenters. The third-order valence-electron chi connectivity index (χ3n) is 4.84. The van der Waals surface area contributed by atoms with Crippen LogP contribution in [0.3, 0.4) is 0 Å². The lowest BCUT2D eigenvalue weighted by molar-refractivity contribution is 0.233. The molecule has 2 aromatic rings. The average molecular weight is 361 g/mol. The number of aliphatic imine (C=N–C) groups is 1. The number of aromatic nitrogens is 1. The van der Waals surface area contributed by atoms with Crippen molar-refractivity contribution < 1.29 is 0 Å². The highest BCUT2D eigenvalue weighted by molar-refractivity contribution is 6.33. The summed E-state index contributed by atoms with van der Waals surface area (Å²) in [4.78, 5) is 12.8. The second-order valence-corrected chi connectivity index (χ2v) is 6.69. The molecule has 7 nitrogen and oxygen atoms in total. The first-order chi connectivity index (χ1) is 13.1. The Kier molecular flexibility index (Phi) is 4.70. The molecule has 2 aliphatic rings. The van der Waals surface area contributed by atoms with Gasteiger partial charge in [-0.15, -0.1) is 0 Å². The van der Waals surface area contributed by atoms with E-state index < -0.39 is 0 Å². The Balaban J connectivity index is 1.59. The van der Waals surface area contributed by atoms with Crippen molar-refractivity contribution in [3.8, 4) is 0 Å². The van der Waals surface area contributed by atoms with Gasteiger partial charge in [0, 0.05) is 44.6 Å². The average Bonchev–Trinajstić information content (AvgIpc) is 2.98. The van der Waals surface area contributed by atoms with Crippen LogP contribution in [-0.2, 0) is 6.54 Å². The summed E-state index contributed by atoms with van der Waals surface area (Å²) in [6, 6.07) is 11.9. The Morgan fingerprint density at radius 1 is 1.15 bits per heavy atom. The predicted octanol–water partition coefficient (Wildman–Crippen LogP) is 1.83. The molecule has 0 bridgehead atoms. The summed E-state index contributed by atoms with van der Waals surface area (Å²) in [6.07, 6.45) is 1.64. The van der Waals surface area contributed by atoms with Crippen molar-refractivity contribution in [2.24, 2.45) is 4.99 Å². The van der Waals surface area contributed by atoms with Crippen molar-refractivity contribution in [2.75, 3.05) is 36.8 Å². The standard InChI is InChI=1S/C20H23N7/c1-14-19(22)27(20(25-14)17-3-2-8-24-18(17)21)16-6-4-15(5-7-16)13-26-11-9-23-10-12-26/h2-8,22-23H,1,9-13H2,(H2,21,24). The number of anilines is 2. The first-order valence-corrected chi connectivity index (χ1v) is 9.03. The number of hydrogen-bond donors (Lipinski definition) is 3. The Bertz CT molecular complexity index is 895. The molecule has 4 N–H and O–H groups in total. The van der Waals surface area contributed by atoms with E-state index in [2.05, 4.69) is 38.9 Å². The molecule has 1 aromatic carbocycles. The van der Waals surface area contributed by atoms with Crippen molar-refractivity contribution in [2.45, 2.75) is 6.54 Å². The maximum absolute atomic E-state index is 8.39. The number of nitrogens with one attached hydrogen (secondary N) is 2. The molecule has 7 heteroatoms. The van der Waals surface area contributed by atoms with Gasteiger partial charge in [-0.3, -0.25) is 15.2 Å². The highest BCUT2D eigenvalue weighted by Gasteiger charge is 2.29. The zero-order chi connectivity index (χ0) is 18.8. The monoisotopic (exact) mass is 361 g/mol. The van der Waals surface area contributed by atoms with Gasteiger partial charge < -0.3 is 11.1 Å². The molecule has 0 saturated carbocycles. The van der Waals surface area contributed by atoms with Crippen LogP contribution in [0.25, 0.3) is 0 Å². The van der Waals surface area contributed by atoms with Crippen LogP contribution in [0.1, 0.15) is 11.1 Å². The number of benzene rings is 1. The topological polar surface area (TPSA) is 93.6 Å². The third kappa shape index (κ3) is 3.47. The number of piperazine rings is 1. The molecule has 4 rings (SSSR count). The Hall–Kier alpha value is -3.03. The molecule has 0 amide bonds. The lowest BCUT2D eigenvalue weighted by Crippen LogP contribution is -2.42. The van der Waals surface area contributed by atoms with E-state index in [-0.39, 0.29) is 5.84 Å². The first-order valence-electron chi connectivity index (χ1n) is 9.03. The maximum atomic E-state index is 8.39. The van der Waals surface area contributed by atoms with Crippen molar-refractivity contribution in [1.29, 1.82) is 5.41 Å². The third-order valence-corrected chi connectivity index (χ3v) is 4.84. The maximum Gasteiger partial charge on any atom is 0.156 e. The zero-order valence-corrected chi connectivity index (χ0v) is 15.2. The summed E-state index contributed by atoms with van der Waals surface area (Å²) in [7, 11) is 0. The molecular formula is C20H23N7. The molecule has 0 radical (unpaired) electrons. The van der Waals surface area contributed by atoms with Gasteiger partial charge >= 0.3 is 0 Å². The summed E-state index contributed by atoms with van der Waals surface area (Å²) in [6.45, 7) is 9.03. The first kappa shape index (κ1) is 17.4. The number of nitrogens with two attached hydrogens (primary N) is 1. The summed E-state index contributed by atoms with van der Waals surface area (Å²) < 4.78 is 0. The highest BCUT2D eigenvalue weighted by Crippen LogP contribution is 2.28. The van der Waals surface area contributed by atoms with E-state index in [0.29, 0.717) is 22.9 Å². The van der Waals surface area contributed by atoms with E-state index in [4.69, 9.17) is 11.1 Å². The molecule has 3 heterocycles. The predicted molar refractivity (Wildman–Crippen MR) is 109 cm³/mol. The Morgan fingerprint density at radius 2 is 1.89 bits per heavy atom. The van der Waals surface area contributed by atoms with Gasteiger partial charge in [0.15, 0.2) is 11.7 Å². The van der Waals surface area contributed by atoms with Crippen LogP contribution in [0, 0.1) is 5.41 Å². The number of nitrogens with zero attached hydrogens (tertiary/aromatic N) is 4. The molecule has 0 unspecified atom stereocenters. The van der Waals surface area contributed by atoms with E-state index in [1.54, 1.807) is 11.1 Å². The fourth-order valence-corrected chi connectivity index (χ4v) is 3.38. The van der Waals surface area contributed by atoms with Crippen molar-refractivity contribution in [3.05, 3.63) is 66.0 Å². The molecule has 1 fully saturated rings. The van der Waals surface area contributed by atoms with E-state index >= 15 is 0 Å². The number of amidine groups is 2. The molecule has 0 spiro atoms. The minimum absolute atomic E-state index is 0.253. The van der Waals surface area contributed by atoms with Gasteiger partial charge in [0.05, 0.1) is 5.56 Å². The number of hydrogen-bond acceptors (Lipinski definition) is 6. The molecule has 27 heavy (non-hydrogen) atoms. The quantitative estimate of drug-likeness (QED) is 0.772. The van der Waals surface area contributed by atoms with Crippen LogP contribution in [0.15, 0.2) is 59.9 Å². The second kappa shape index (κ2) is 7.30. The van der Waals surface area contributed by atoms with Gasteiger partial charge in [0.2, 0.25) is 0 Å². The molecule has 138 valence electrons. The van der Waals surface area contributed by atoms with Crippen molar-refractivity contribution in [3.63, 3.8) is 0 Å². The fourth-order valence-electron chi connectivity index (χ4n) is 3.38. The van der Waals surface area contributed by atoms with Crippen molar-refractivity contribution in [1.82, 2.24) is 15.2 Å². The fraction of sp³-hybridized carbons (Fsp3) is 0.250. The van der Waals surface area contributed by atoms with E-state index in [0.717, 1.165) is 38.4 Å². The van der Waals surface area contributed by atoms with Crippen LogP contribution < -0.4 is 16.0 Å². The number of nitrogen functional groups attached to an aromatic ring is 1. The summed E-state index contributed by atoms with van der Waals surface area (Å²) in [5.74, 6) is 1.23. The molecule has 0 aliphatic carbocycles. The lowest BCUT2D eigenvalue weighted by atomic mass is 10.1. The Morgan fingerprint density at radius 3 is 2.59 bits per heavy atom. The number of rotatable bonds is 4. The lowest BCUT2D eigenvalue weighted by Gasteiger charge is -2.27. The van der Waals surface area contributed by atoms with E-state index in [9.17, 15) is 0 Å². The van der Waals surface area contributed by atoms with E-state index in [1.165, 1.54) is 5.56 Å². The van der Waals surface area contributed by atoms with Crippen LogP contribution in [-0.4, -0.2) is 47.7 Å². The molecule has 1 aromatic heterocycles. The smallest absolute Gasteiger partial charge is 0.156 e. The SMILES string of the molecule is C=C1N=C(c2cccnc2N)N(c2ccc(CN3CCNCC3)cc2)C1=N. The van der Waals surface area contributed by atoms with Crippen LogP contribution in [0.4, 0.5) is 11.5 Å². The number of pyridine rings is 1. The summed E-state index contributed by atoms with van der Waals surface area (Å²) in [5, 5.41) is 11.8. The van der Waals surface area contributed by atoms with Gasteiger partial charge in [-0.25, -0.2) is 9.98 Å². The zero-order valence-electron chi connectivity index (χ0n) is 15.2. The van der Waals surface area contributed by atoms with Crippen LogP contribution in [0.2, 0.25) is 0 Å². The molecule has 1 saturated heterocycles. The van der Waals surface area contributed by atoms with Gasteiger partial charge in [0.25, 0.3) is 0 Å². The van der Waals surface area contributed by atoms with Gasteiger partial charge in [0.1, 0.15) is 11.5 Å². The minimum atomic E-state index is 0.253. The van der Waals surface area contributed by atoms with Gasteiger partial charge in [-0.05, 0) is 29.8 Å². The van der Waals surface area contributed by atoms with Crippen LogP contribution >= 0.6 is 0 Å². The largest absolute Gasteiger partial charge is 0.383 e. The molecular weight excluding hydrogens is 338 g/mol. The normalized spacial score (nSPS) is 18.1. The van der Waals surface area contributed by atoms with Gasteiger partial charge in [-0.1, -0.05) is 18.7 Å². The molecule has 2 aliphatic heterocycles. The Labute approximate surface area is 158 Å². The highest BCUT2D eigenvalue weighted by atomic mass is 15.3. The van der Waals surface area contributed by atoms with Gasteiger partial charge in [-0.2, -0.15) is 0 Å². The minimum Gasteiger partial charge on any atom is -0.383 e. The van der Waals surface area contributed by atoms with E-state index in [1.807, 2.05) is 24.3 Å². The second-order valence-electron chi connectivity index (χ2n) is 6.69.